The second-order valence-electron chi connectivity index (χ2n) is 8.91. The predicted octanol–water partition coefficient (Wildman–Crippen LogP) is 3.84. The normalized spacial score (nSPS) is 14.2. The Bertz CT molecular complexity index is 1010. The molecule has 0 spiro atoms. The first-order chi connectivity index (χ1) is 15.7. The summed E-state index contributed by atoms with van der Waals surface area (Å²) in [6.45, 7) is 9.15. The molecule has 0 radical (unpaired) electrons. The van der Waals surface area contributed by atoms with Crippen LogP contribution in [0.3, 0.4) is 0 Å². The summed E-state index contributed by atoms with van der Waals surface area (Å²) in [4.78, 5) is 39.9. The standard InChI is InChI=1S/C26H33N3O4/c1-17(2)24(28-25(31)20-9-7-8-18(3)14-20)26(32)33-16-23(30)27-22-11-10-21(15-19(22)4)29-12-5-6-13-29/h7-11,14-15,17,24H,5-6,12-13,16H2,1-4H3,(H,27,30)(H,28,31)/t24-/m0/s1. The zero-order chi connectivity index (χ0) is 24.0. The van der Waals surface area contributed by atoms with Crippen molar-refractivity contribution in [2.75, 3.05) is 29.9 Å². The maximum absolute atomic E-state index is 12.6. The van der Waals surface area contributed by atoms with Crippen LogP contribution in [0.15, 0.2) is 42.5 Å². The molecule has 176 valence electrons. The van der Waals surface area contributed by atoms with Crippen molar-refractivity contribution in [2.45, 2.75) is 46.6 Å². The minimum atomic E-state index is -0.854. The molecule has 7 nitrogen and oxygen atoms in total. The predicted molar refractivity (Wildman–Crippen MR) is 129 cm³/mol. The lowest BCUT2D eigenvalue weighted by atomic mass is 10.0. The number of ether oxygens (including phenoxy) is 1. The highest BCUT2D eigenvalue weighted by Gasteiger charge is 2.27. The molecule has 1 heterocycles. The Balaban J connectivity index is 1.54. The Morgan fingerprint density at radius 2 is 1.76 bits per heavy atom. The lowest BCUT2D eigenvalue weighted by Crippen LogP contribution is -2.46. The third-order valence-corrected chi connectivity index (χ3v) is 5.79. The van der Waals surface area contributed by atoms with E-state index in [2.05, 4.69) is 21.6 Å². The summed E-state index contributed by atoms with van der Waals surface area (Å²) >= 11 is 0. The molecule has 0 unspecified atom stereocenters. The number of esters is 1. The number of carbonyl (C=O) groups excluding carboxylic acids is 3. The van der Waals surface area contributed by atoms with Crippen molar-refractivity contribution in [1.82, 2.24) is 5.32 Å². The van der Waals surface area contributed by atoms with Gasteiger partial charge in [-0.3, -0.25) is 9.59 Å². The molecule has 2 aromatic rings. The van der Waals surface area contributed by atoms with E-state index >= 15 is 0 Å². The number of anilines is 2. The fraction of sp³-hybridized carbons (Fsp3) is 0.423. The maximum atomic E-state index is 12.6. The van der Waals surface area contributed by atoms with Crippen LogP contribution >= 0.6 is 0 Å². The molecule has 0 aromatic heterocycles. The molecule has 1 aliphatic rings. The molecule has 1 aliphatic heterocycles. The monoisotopic (exact) mass is 451 g/mol. The molecule has 0 aliphatic carbocycles. The number of nitrogens with zero attached hydrogens (tertiary/aromatic N) is 1. The quantitative estimate of drug-likeness (QED) is 0.596. The van der Waals surface area contributed by atoms with Crippen LogP contribution in [0.5, 0.6) is 0 Å². The van der Waals surface area contributed by atoms with Crippen molar-refractivity contribution in [3.8, 4) is 0 Å². The van der Waals surface area contributed by atoms with E-state index in [1.807, 2.05) is 45.9 Å². The molecule has 7 heteroatoms. The molecule has 1 fully saturated rings. The number of hydrogen-bond acceptors (Lipinski definition) is 5. The molecule has 33 heavy (non-hydrogen) atoms. The van der Waals surface area contributed by atoms with Crippen molar-refractivity contribution in [3.05, 3.63) is 59.2 Å². The zero-order valence-corrected chi connectivity index (χ0v) is 19.8. The van der Waals surface area contributed by atoms with Crippen LogP contribution in [0.1, 0.15) is 48.2 Å². The van der Waals surface area contributed by atoms with Gasteiger partial charge in [-0.05, 0) is 68.5 Å². The Kier molecular flexibility index (Phi) is 8.09. The van der Waals surface area contributed by atoms with Crippen LogP contribution in [0.2, 0.25) is 0 Å². The van der Waals surface area contributed by atoms with E-state index in [4.69, 9.17) is 4.74 Å². The second kappa shape index (κ2) is 11.0. The first-order valence-electron chi connectivity index (χ1n) is 11.4. The van der Waals surface area contributed by atoms with E-state index < -0.39 is 24.5 Å². The Morgan fingerprint density at radius 1 is 1.03 bits per heavy atom. The van der Waals surface area contributed by atoms with E-state index in [0.717, 1.165) is 29.9 Å². The molecule has 2 amide bonds. The summed E-state index contributed by atoms with van der Waals surface area (Å²) in [6.07, 6.45) is 2.40. The first kappa shape index (κ1) is 24.3. The number of aryl methyl sites for hydroxylation is 2. The maximum Gasteiger partial charge on any atom is 0.329 e. The van der Waals surface area contributed by atoms with Gasteiger partial charge in [-0.25, -0.2) is 4.79 Å². The van der Waals surface area contributed by atoms with Gasteiger partial charge in [0.25, 0.3) is 11.8 Å². The first-order valence-corrected chi connectivity index (χ1v) is 11.4. The molecule has 3 rings (SSSR count). The van der Waals surface area contributed by atoms with Crippen LogP contribution in [-0.2, 0) is 14.3 Å². The summed E-state index contributed by atoms with van der Waals surface area (Å²) in [5.74, 6) is -1.61. The van der Waals surface area contributed by atoms with Gasteiger partial charge < -0.3 is 20.3 Å². The fourth-order valence-corrected chi connectivity index (χ4v) is 3.88. The number of rotatable bonds is 8. The van der Waals surface area contributed by atoms with E-state index in [-0.39, 0.29) is 11.8 Å². The van der Waals surface area contributed by atoms with Crippen molar-refractivity contribution in [1.29, 1.82) is 0 Å². The van der Waals surface area contributed by atoms with Crippen LogP contribution in [-0.4, -0.2) is 43.5 Å². The van der Waals surface area contributed by atoms with Gasteiger partial charge in [0.1, 0.15) is 6.04 Å². The Hall–Kier alpha value is -3.35. The Labute approximate surface area is 195 Å². The van der Waals surface area contributed by atoms with Crippen molar-refractivity contribution < 1.29 is 19.1 Å². The van der Waals surface area contributed by atoms with Gasteiger partial charge >= 0.3 is 5.97 Å². The highest BCUT2D eigenvalue weighted by atomic mass is 16.5. The number of carbonyl (C=O) groups is 3. The topological polar surface area (TPSA) is 87.7 Å². The van der Waals surface area contributed by atoms with Gasteiger partial charge in [-0.1, -0.05) is 31.5 Å². The highest BCUT2D eigenvalue weighted by molar-refractivity contribution is 5.98. The number of amides is 2. The smallest absolute Gasteiger partial charge is 0.329 e. The molecular formula is C26H33N3O4. The highest BCUT2D eigenvalue weighted by Crippen LogP contribution is 2.25. The van der Waals surface area contributed by atoms with Crippen molar-refractivity contribution in [2.24, 2.45) is 5.92 Å². The van der Waals surface area contributed by atoms with E-state index in [0.29, 0.717) is 11.3 Å². The molecule has 2 N–H and O–H groups in total. The summed E-state index contributed by atoms with van der Waals surface area (Å²) in [5, 5.41) is 5.53. The van der Waals surface area contributed by atoms with Gasteiger partial charge in [-0.2, -0.15) is 0 Å². The third kappa shape index (κ3) is 6.57. The third-order valence-electron chi connectivity index (χ3n) is 5.79. The van der Waals surface area contributed by atoms with Crippen molar-refractivity contribution in [3.63, 3.8) is 0 Å². The van der Waals surface area contributed by atoms with Crippen LogP contribution < -0.4 is 15.5 Å². The second-order valence-corrected chi connectivity index (χ2v) is 8.91. The Morgan fingerprint density at radius 3 is 2.39 bits per heavy atom. The minimum Gasteiger partial charge on any atom is -0.454 e. The lowest BCUT2D eigenvalue weighted by Gasteiger charge is -2.21. The van der Waals surface area contributed by atoms with Crippen LogP contribution in [0.4, 0.5) is 11.4 Å². The lowest BCUT2D eigenvalue weighted by molar-refractivity contribution is -0.150. The molecular weight excluding hydrogens is 418 g/mol. The molecule has 1 atom stereocenters. The molecule has 0 bridgehead atoms. The average Bonchev–Trinajstić information content (AvgIpc) is 3.32. The fourth-order valence-electron chi connectivity index (χ4n) is 3.88. The molecule has 2 aromatic carbocycles. The number of benzene rings is 2. The van der Waals surface area contributed by atoms with E-state index in [1.165, 1.54) is 12.8 Å². The number of hydrogen-bond donors (Lipinski definition) is 2. The van der Waals surface area contributed by atoms with Crippen LogP contribution in [0.25, 0.3) is 0 Å². The summed E-state index contributed by atoms with van der Waals surface area (Å²) < 4.78 is 5.23. The van der Waals surface area contributed by atoms with Gasteiger partial charge in [0.2, 0.25) is 0 Å². The molecule has 0 saturated carbocycles. The largest absolute Gasteiger partial charge is 0.454 e. The number of nitrogens with one attached hydrogen (secondary N) is 2. The summed E-state index contributed by atoms with van der Waals surface area (Å²) in [7, 11) is 0. The van der Waals surface area contributed by atoms with Gasteiger partial charge in [0, 0.05) is 30.0 Å². The van der Waals surface area contributed by atoms with E-state index in [9.17, 15) is 14.4 Å². The SMILES string of the molecule is Cc1cccc(C(=O)N[C@H](C(=O)OCC(=O)Nc2ccc(N3CCCC3)cc2C)C(C)C)c1. The van der Waals surface area contributed by atoms with Crippen LogP contribution in [0, 0.1) is 19.8 Å². The minimum absolute atomic E-state index is 0.199. The van der Waals surface area contributed by atoms with Gasteiger partial charge in [0.15, 0.2) is 6.61 Å². The van der Waals surface area contributed by atoms with Gasteiger partial charge in [-0.15, -0.1) is 0 Å². The average molecular weight is 452 g/mol. The summed E-state index contributed by atoms with van der Waals surface area (Å²) in [6, 6.07) is 12.2. The summed E-state index contributed by atoms with van der Waals surface area (Å²) in [5.41, 5.74) is 4.21. The molecule has 1 saturated heterocycles. The zero-order valence-electron chi connectivity index (χ0n) is 19.8. The van der Waals surface area contributed by atoms with Crippen molar-refractivity contribution >= 4 is 29.2 Å². The van der Waals surface area contributed by atoms with E-state index in [1.54, 1.807) is 18.2 Å². The van der Waals surface area contributed by atoms with Gasteiger partial charge in [0.05, 0.1) is 0 Å².